The lowest BCUT2D eigenvalue weighted by Gasteiger charge is -2.30. The van der Waals surface area contributed by atoms with Crippen LogP contribution in [0.3, 0.4) is 0 Å². The third kappa shape index (κ3) is 2.95. The summed E-state index contributed by atoms with van der Waals surface area (Å²) < 4.78 is 4.89. The topological polar surface area (TPSA) is 49.9 Å². The van der Waals surface area contributed by atoms with Crippen LogP contribution in [0, 0.1) is 5.41 Å². The quantitative estimate of drug-likeness (QED) is 0.622. The molecule has 3 fully saturated rings. The molecular formula is C20H26N2O3. The molecule has 2 saturated heterocycles. The van der Waals surface area contributed by atoms with Crippen LogP contribution in [0.15, 0.2) is 30.3 Å². The van der Waals surface area contributed by atoms with Crippen LogP contribution in [0.1, 0.15) is 37.7 Å². The Balaban J connectivity index is 1.47. The Hall–Kier alpha value is -1.88. The second kappa shape index (κ2) is 6.45. The Morgan fingerprint density at radius 2 is 1.84 bits per heavy atom. The van der Waals surface area contributed by atoms with Crippen molar-refractivity contribution in [3.8, 4) is 0 Å². The van der Waals surface area contributed by atoms with Gasteiger partial charge in [0.05, 0.1) is 7.11 Å². The first-order valence-electron chi connectivity index (χ1n) is 9.31. The average Bonchev–Trinajstić information content (AvgIpc) is 3.37. The van der Waals surface area contributed by atoms with E-state index in [-0.39, 0.29) is 11.9 Å². The van der Waals surface area contributed by atoms with Crippen molar-refractivity contribution in [3.05, 3.63) is 35.9 Å². The zero-order valence-corrected chi connectivity index (χ0v) is 14.8. The van der Waals surface area contributed by atoms with Gasteiger partial charge >= 0.3 is 5.97 Å². The van der Waals surface area contributed by atoms with Crippen LogP contribution in [0.25, 0.3) is 0 Å². The lowest BCUT2D eigenvalue weighted by atomic mass is 10.0. The van der Waals surface area contributed by atoms with E-state index in [0.717, 1.165) is 32.5 Å². The molecule has 5 heteroatoms. The molecule has 0 radical (unpaired) electrons. The molecule has 4 rings (SSSR count). The zero-order chi connectivity index (χ0) is 17.4. The van der Waals surface area contributed by atoms with Crippen molar-refractivity contribution in [2.45, 2.75) is 50.7 Å². The van der Waals surface area contributed by atoms with Gasteiger partial charge < -0.3 is 9.64 Å². The van der Waals surface area contributed by atoms with Gasteiger partial charge in [-0.1, -0.05) is 30.3 Å². The molecule has 5 nitrogen and oxygen atoms in total. The number of hydrogen-bond acceptors (Lipinski definition) is 4. The summed E-state index contributed by atoms with van der Waals surface area (Å²) in [5.41, 5.74) is 0.454. The fourth-order valence-corrected chi connectivity index (χ4v) is 4.54. The molecule has 1 aromatic carbocycles. The van der Waals surface area contributed by atoms with E-state index in [0.29, 0.717) is 24.9 Å². The summed E-state index contributed by atoms with van der Waals surface area (Å²) in [5.74, 6) is -0.361. The van der Waals surface area contributed by atoms with Crippen molar-refractivity contribution in [1.29, 1.82) is 0 Å². The highest BCUT2D eigenvalue weighted by molar-refractivity contribution is 6.05. The summed E-state index contributed by atoms with van der Waals surface area (Å²) in [6.45, 7) is 2.44. The summed E-state index contributed by atoms with van der Waals surface area (Å²) >= 11 is 0. The van der Waals surface area contributed by atoms with Crippen molar-refractivity contribution >= 4 is 11.9 Å². The van der Waals surface area contributed by atoms with E-state index in [9.17, 15) is 9.59 Å². The average molecular weight is 342 g/mol. The van der Waals surface area contributed by atoms with E-state index < -0.39 is 5.41 Å². The van der Waals surface area contributed by atoms with E-state index in [1.807, 2.05) is 11.0 Å². The first-order chi connectivity index (χ1) is 12.1. The molecule has 1 aliphatic carbocycles. The molecule has 2 atom stereocenters. The van der Waals surface area contributed by atoms with Gasteiger partial charge in [-0.25, -0.2) is 0 Å². The number of methoxy groups -OCH3 is 1. The van der Waals surface area contributed by atoms with Crippen molar-refractivity contribution in [3.63, 3.8) is 0 Å². The molecule has 2 heterocycles. The minimum atomic E-state index is -0.872. The number of amides is 1. The molecule has 134 valence electrons. The number of ether oxygens (including phenoxy) is 1. The lowest BCUT2D eigenvalue weighted by molar-refractivity contribution is -0.156. The number of carbonyl (C=O) groups excluding carboxylic acids is 2. The van der Waals surface area contributed by atoms with Gasteiger partial charge in [0.15, 0.2) is 0 Å². The van der Waals surface area contributed by atoms with E-state index in [1.165, 1.54) is 19.1 Å². The number of fused-ring (bicyclic) bond motifs is 2. The molecule has 0 unspecified atom stereocenters. The van der Waals surface area contributed by atoms with Crippen molar-refractivity contribution in [2.75, 3.05) is 20.2 Å². The highest BCUT2D eigenvalue weighted by Gasteiger charge is 2.59. The number of rotatable bonds is 4. The minimum absolute atomic E-state index is 0.00781. The number of carbonyl (C=O) groups is 2. The molecule has 3 aliphatic rings. The fourth-order valence-electron chi connectivity index (χ4n) is 4.54. The molecule has 0 aromatic heterocycles. The van der Waals surface area contributed by atoms with Crippen LogP contribution < -0.4 is 0 Å². The van der Waals surface area contributed by atoms with Gasteiger partial charge in [-0.3, -0.25) is 14.5 Å². The number of hydrogen-bond donors (Lipinski definition) is 0. The van der Waals surface area contributed by atoms with Crippen LogP contribution in [-0.4, -0.2) is 54.0 Å². The maximum atomic E-state index is 13.0. The van der Waals surface area contributed by atoms with Crippen LogP contribution in [0.4, 0.5) is 0 Å². The normalized spacial score (nSPS) is 27.6. The molecule has 1 saturated carbocycles. The summed E-state index contributed by atoms with van der Waals surface area (Å²) in [5, 5.41) is 0. The molecule has 2 bridgehead atoms. The smallest absolute Gasteiger partial charge is 0.321 e. The predicted octanol–water partition coefficient (Wildman–Crippen LogP) is 2.21. The first-order valence-corrected chi connectivity index (χ1v) is 9.31. The largest absolute Gasteiger partial charge is 0.468 e. The van der Waals surface area contributed by atoms with Crippen LogP contribution >= 0.6 is 0 Å². The monoisotopic (exact) mass is 342 g/mol. The van der Waals surface area contributed by atoms with Gasteiger partial charge in [0, 0.05) is 31.7 Å². The maximum Gasteiger partial charge on any atom is 0.321 e. The molecule has 0 N–H and O–H groups in total. The Bertz CT molecular complexity index is 656. The molecule has 25 heavy (non-hydrogen) atoms. The molecule has 1 aromatic rings. The SMILES string of the molecule is COC(=O)C1(C(=O)N2CC[C@H]3CC[C@@H](C2)N3Cc2ccccc2)CC1. The summed E-state index contributed by atoms with van der Waals surface area (Å²) in [6.07, 6.45) is 4.61. The second-order valence-electron chi connectivity index (χ2n) is 7.66. The molecule has 0 spiro atoms. The lowest BCUT2D eigenvalue weighted by Crippen LogP contribution is -2.45. The summed E-state index contributed by atoms with van der Waals surface area (Å²) in [7, 11) is 1.38. The minimum Gasteiger partial charge on any atom is -0.468 e. The highest BCUT2D eigenvalue weighted by atomic mass is 16.5. The Labute approximate surface area is 148 Å². The van der Waals surface area contributed by atoms with Crippen LogP contribution in [0.5, 0.6) is 0 Å². The third-order valence-electron chi connectivity index (χ3n) is 6.17. The third-order valence-corrected chi connectivity index (χ3v) is 6.17. The summed E-state index contributed by atoms with van der Waals surface area (Å²) in [4.78, 5) is 29.5. The zero-order valence-electron chi connectivity index (χ0n) is 14.8. The number of likely N-dealkylation sites (tertiary alicyclic amines) is 1. The fraction of sp³-hybridized carbons (Fsp3) is 0.600. The standard InChI is InChI=1S/C20H26N2O3/c1-25-19(24)20(10-11-20)18(23)21-12-9-16-7-8-17(14-21)22(16)13-15-5-3-2-4-6-15/h2-6,16-17H,7-14H2,1H3/t16-,17+/m1/s1. The number of benzene rings is 1. The highest BCUT2D eigenvalue weighted by Crippen LogP contribution is 2.49. The molecular weight excluding hydrogens is 316 g/mol. The Morgan fingerprint density at radius 3 is 2.52 bits per heavy atom. The van der Waals surface area contributed by atoms with Crippen LogP contribution in [-0.2, 0) is 20.9 Å². The Kier molecular flexibility index (Phi) is 4.28. The van der Waals surface area contributed by atoms with Gasteiger partial charge in [0.2, 0.25) is 5.91 Å². The second-order valence-corrected chi connectivity index (χ2v) is 7.66. The number of esters is 1. The van der Waals surface area contributed by atoms with E-state index in [4.69, 9.17) is 4.74 Å². The van der Waals surface area contributed by atoms with Gasteiger partial charge in [-0.2, -0.15) is 0 Å². The predicted molar refractivity (Wildman–Crippen MR) is 93.7 cm³/mol. The van der Waals surface area contributed by atoms with Crippen molar-refractivity contribution in [2.24, 2.45) is 5.41 Å². The Morgan fingerprint density at radius 1 is 1.12 bits per heavy atom. The van der Waals surface area contributed by atoms with Crippen molar-refractivity contribution in [1.82, 2.24) is 9.80 Å². The number of nitrogens with zero attached hydrogens (tertiary/aromatic N) is 2. The summed E-state index contributed by atoms with van der Waals surface area (Å²) in [6, 6.07) is 11.5. The van der Waals surface area contributed by atoms with Crippen molar-refractivity contribution < 1.29 is 14.3 Å². The maximum absolute atomic E-state index is 13.0. The van der Waals surface area contributed by atoms with Gasteiger partial charge in [0.1, 0.15) is 5.41 Å². The van der Waals surface area contributed by atoms with Gasteiger partial charge in [-0.05, 0) is 37.7 Å². The molecule has 2 aliphatic heterocycles. The van der Waals surface area contributed by atoms with Crippen LogP contribution in [0.2, 0.25) is 0 Å². The van der Waals surface area contributed by atoms with E-state index in [1.54, 1.807) is 0 Å². The van der Waals surface area contributed by atoms with E-state index in [2.05, 4.69) is 29.2 Å². The van der Waals surface area contributed by atoms with Gasteiger partial charge in [0.25, 0.3) is 0 Å². The first kappa shape index (κ1) is 16.6. The van der Waals surface area contributed by atoms with Gasteiger partial charge in [-0.15, -0.1) is 0 Å². The molecule has 1 amide bonds. The van der Waals surface area contributed by atoms with E-state index >= 15 is 0 Å².